The number of hydrogen-bond acceptors (Lipinski definition) is 3. The maximum atomic E-state index is 6.58. The Morgan fingerprint density at radius 2 is 1.81 bits per heavy atom. The summed E-state index contributed by atoms with van der Waals surface area (Å²) in [5.41, 5.74) is 13.6. The Balaban J connectivity index is 1.17. The lowest BCUT2D eigenvalue weighted by Crippen LogP contribution is -2.29. The summed E-state index contributed by atoms with van der Waals surface area (Å²) in [5, 5.41) is 4.92. The molecule has 4 aliphatic rings. The maximum Gasteiger partial charge on any atom is 0.138 e. The van der Waals surface area contributed by atoms with E-state index in [1.165, 1.54) is 45.2 Å². The van der Waals surface area contributed by atoms with E-state index in [-0.39, 0.29) is 0 Å². The normalized spacial score (nSPS) is 18.8. The van der Waals surface area contributed by atoms with Crippen molar-refractivity contribution >= 4 is 34.7 Å². The second-order valence-corrected chi connectivity index (χ2v) is 14.0. The predicted octanol–water partition coefficient (Wildman–Crippen LogP) is 11.9. The molecule has 2 aromatic carbocycles. The molecule has 3 heteroatoms. The van der Waals surface area contributed by atoms with Crippen LogP contribution in [0.5, 0.6) is 0 Å². The van der Waals surface area contributed by atoms with Gasteiger partial charge < -0.3 is 14.6 Å². The Labute approximate surface area is 310 Å². The van der Waals surface area contributed by atoms with Crippen LogP contribution in [0.3, 0.4) is 0 Å². The topological polar surface area (TPSA) is 28.4 Å². The molecule has 0 bridgehead atoms. The Kier molecular flexibility index (Phi) is 11.4. The highest BCUT2D eigenvalue weighted by Gasteiger charge is 2.23. The zero-order valence-corrected chi connectivity index (χ0v) is 30.9. The number of allylic oxidation sites excluding steroid dienone is 14. The third kappa shape index (κ3) is 7.95. The number of para-hydroxylation sites is 1. The van der Waals surface area contributed by atoms with Crippen molar-refractivity contribution < 1.29 is 4.42 Å². The largest absolute Gasteiger partial charge is 0.456 e. The molecule has 4 aliphatic carbocycles. The first kappa shape index (κ1) is 35.1. The Bertz CT molecular complexity index is 2160. The molecule has 7 rings (SSSR count). The van der Waals surface area contributed by atoms with Gasteiger partial charge in [-0.05, 0) is 141 Å². The first-order valence-corrected chi connectivity index (χ1v) is 19.4. The second kappa shape index (κ2) is 16.8. The highest BCUT2D eigenvalue weighted by atomic mass is 16.3. The molecule has 264 valence electrons. The summed E-state index contributed by atoms with van der Waals surface area (Å²) in [6, 6.07) is 19.4. The van der Waals surface area contributed by atoms with Crippen LogP contribution in [0.25, 0.3) is 23.3 Å². The maximum absolute atomic E-state index is 6.58. The van der Waals surface area contributed by atoms with Crippen molar-refractivity contribution in [3.05, 3.63) is 178 Å². The third-order valence-electron chi connectivity index (χ3n) is 10.4. The molecule has 1 aromatic heterocycles. The summed E-state index contributed by atoms with van der Waals surface area (Å²) >= 11 is 0. The fourth-order valence-electron chi connectivity index (χ4n) is 7.87. The lowest BCUT2D eigenvalue weighted by molar-refractivity contribution is 0.513. The number of nitrogens with one attached hydrogen (secondary N) is 1. The van der Waals surface area contributed by atoms with E-state index in [0.29, 0.717) is 5.92 Å². The zero-order chi connectivity index (χ0) is 35.7. The number of benzene rings is 2. The third-order valence-corrected chi connectivity index (χ3v) is 10.4. The molecule has 52 heavy (non-hydrogen) atoms. The quantitative estimate of drug-likeness (QED) is 0.193. The van der Waals surface area contributed by atoms with Gasteiger partial charge in [0.05, 0.1) is 0 Å². The van der Waals surface area contributed by atoms with Crippen LogP contribution in [0.2, 0.25) is 0 Å². The Morgan fingerprint density at radius 1 is 0.923 bits per heavy atom. The number of anilines is 2. The van der Waals surface area contributed by atoms with Gasteiger partial charge in [-0.3, -0.25) is 0 Å². The zero-order valence-electron chi connectivity index (χ0n) is 30.9. The lowest BCUT2D eigenvalue weighted by Gasteiger charge is -2.31. The van der Waals surface area contributed by atoms with Gasteiger partial charge in [0.15, 0.2) is 0 Å². The van der Waals surface area contributed by atoms with Gasteiger partial charge in [0.2, 0.25) is 0 Å². The molecule has 0 saturated carbocycles. The minimum Gasteiger partial charge on any atom is -0.456 e. The number of furan rings is 1. The van der Waals surface area contributed by atoms with Gasteiger partial charge in [-0.1, -0.05) is 105 Å². The van der Waals surface area contributed by atoms with Crippen molar-refractivity contribution in [1.29, 1.82) is 0 Å². The van der Waals surface area contributed by atoms with Gasteiger partial charge in [0.1, 0.15) is 11.2 Å². The summed E-state index contributed by atoms with van der Waals surface area (Å²) in [6.45, 7) is 8.63. The minimum absolute atomic E-state index is 0.321. The van der Waals surface area contributed by atoms with Crippen LogP contribution in [0.15, 0.2) is 155 Å². The van der Waals surface area contributed by atoms with Crippen LogP contribution in [-0.2, 0) is 6.42 Å². The Morgan fingerprint density at radius 3 is 2.62 bits per heavy atom. The van der Waals surface area contributed by atoms with Crippen molar-refractivity contribution in [2.45, 2.75) is 78.1 Å². The summed E-state index contributed by atoms with van der Waals surface area (Å²) in [4.78, 5) is 2.42. The van der Waals surface area contributed by atoms with Crippen LogP contribution < -0.4 is 20.9 Å². The Hall–Kier alpha value is -5.28. The number of fused-ring (bicyclic) bond motifs is 3. The van der Waals surface area contributed by atoms with E-state index in [2.05, 4.69) is 152 Å². The average Bonchev–Trinajstić information content (AvgIpc) is 3.38. The van der Waals surface area contributed by atoms with Crippen LogP contribution >= 0.6 is 0 Å². The summed E-state index contributed by atoms with van der Waals surface area (Å²) in [5.74, 6) is 1.39. The summed E-state index contributed by atoms with van der Waals surface area (Å²) in [7, 11) is 0. The smallest absolute Gasteiger partial charge is 0.138 e. The van der Waals surface area contributed by atoms with E-state index in [1.807, 2.05) is 12.1 Å². The molecule has 0 saturated heterocycles. The molecular weight excluding hydrogens is 633 g/mol. The molecule has 3 nitrogen and oxygen atoms in total. The highest BCUT2D eigenvalue weighted by Crippen LogP contribution is 2.36. The molecule has 0 fully saturated rings. The molecule has 1 heterocycles. The van der Waals surface area contributed by atoms with Crippen LogP contribution in [0, 0.1) is 5.92 Å². The van der Waals surface area contributed by atoms with Gasteiger partial charge >= 0.3 is 0 Å². The molecule has 1 atom stereocenters. The molecule has 3 aromatic rings. The van der Waals surface area contributed by atoms with Gasteiger partial charge in [-0.25, -0.2) is 0 Å². The molecule has 1 N–H and O–H groups in total. The molecular formula is C49H52N2O. The predicted molar refractivity (Wildman–Crippen MR) is 223 cm³/mol. The highest BCUT2D eigenvalue weighted by molar-refractivity contribution is 5.79. The van der Waals surface area contributed by atoms with Crippen molar-refractivity contribution in [1.82, 2.24) is 0 Å². The van der Waals surface area contributed by atoms with Crippen molar-refractivity contribution in [2.75, 3.05) is 10.2 Å². The molecule has 0 aliphatic heterocycles. The summed E-state index contributed by atoms with van der Waals surface area (Å²) in [6.07, 6.45) is 40.0. The first-order chi connectivity index (χ1) is 25.6. The van der Waals surface area contributed by atoms with E-state index in [4.69, 9.17) is 4.42 Å². The first-order valence-electron chi connectivity index (χ1n) is 19.4. The molecule has 0 amide bonds. The van der Waals surface area contributed by atoms with E-state index >= 15 is 0 Å². The van der Waals surface area contributed by atoms with Crippen molar-refractivity contribution in [3.8, 4) is 0 Å². The van der Waals surface area contributed by atoms with E-state index in [0.717, 1.165) is 91.7 Å². The van der Waals surface area contributed by atoms with Crippen molar-refractivity contribution in [2.24, 2.45) is 5.92 Å². The SMILES string of the molecule is C=C/C(=C\CC)N(C1=CC=C(C2=c3oc4c(c3=CCC2)CCCC=C4)CC1)c1cccc(C2=CC(/C=C/C(=C\CC)Nc3ccccc3)CC=C2)c1. The lowest BCUT2D eigenvalue weighted by atomic mass is 9.89. The fraction of sp³-hybridized carbons (Fsp3) is 0.265. The molecule has 0 radical (unpaired) electrons. The minimum atomic E-state index is 0.321. The monoisotopic (exact) mass is 684 g/mol. The van der Waals surface area contributed by atoms with Gasteiger partial charge in [0.25, 0.3) is 0 Å². The standard InChI is InChI=1S/C49H52N2O/c1-4-16-40(50-41-21-9-7-10-22-41)31-28-36-18-13-19-38(34-36)39-20-14-23-44(35-39)51(42(6-3)17-5-2)43-32-29-37(30-33-43)45-25-15-26-47-46-24-11-8-12-27-48(46)52-49(45)47/h6-7,9-10,12-14,16-17,19-23,26-29,31-32,34-36,50H,3-5,8,11,15,18,24-25,30,33H2,1-2H3/b31-28+,40-16+,42-17+. The number of hydrogen-bond donors (Lipinski definition) is 1. The van der Waals surface area contributed by atoms with Crippen LogP contribution in [0.4, 0.5) is 11.4 Å². The molecule has 1 unspecified atom stereocenters. The van der Waals surface area contributed by atoms with Crippen LogP contribution in [-0.4, -0.2) is 0 Å². The van der Waals surface area contributed by atoms with E-state index < -0.39 is 0 Å². The van der Waals surface area contributed by atoms with Crippen LogP contribution in [0.1, 0.15) is 88.5 Å². The van der Waals surface area contributed by atoms with Gasteiger partial charge in [-0.2, -0.15) is 0 Å². The van der Waals surface area contributed by atoms with Gasteiger partial charge in [0, 0.05) is 39.2 Å². The van der Waals surface area contributed by atoms with Crippen molar-refractivity contribution in [3.63, 3.8) is 0 Å². The average molecular weight is 685 g/mol. The fourth-order valence-corrected chi connectivity index (χ4v) is 7.87. The number of nitrogens with zero attached hydrogens (tertiary/aromatic N) is 1. The summed E-state index contributed by atoms with van der Waals surface area (Å²) < 4.78 is 6.58. The van der Waals surface area contributed by atoms with E-state index in [1.54, 1.807) is 0 Å². The second-order valence-electron chi connectivity index (χ2n) is 14.0. The van der Waals surface area contributed by atoms with E-state index in [9.17, 15) is 0 Å². The number of rotatable bonds is 12. The van der Waals surface area contributed by atoms with Gasteiger partial charge in [-0.15, -0.1) is 0 Å². The molecule has 0 spiro atoms.